The summed E-state index contributed by atoms with van der Waals surface area (Å²) in [5, 5.41) is 0. The van der Waals surface area contributed by atoms with Crippen molar-refractivity contribution in [3.8, 4) is 0 Å². The van der Waals surface area contributed by atoms with E-state index in [1.54, 1.807) is 24.3 Å². The highest BCUT2D eigenvalue weighted by Gasteiger charge is 2.58. The Bertz CT molecular complexity index is 978. The lowest BCUT2D eigenvalue weighted by atomic mass is 9.90. The van der Waals surface area contributed by atoms with Crippen molar-refractivity contribution in [2.75, 3.05) is 16.4 Å². The largest absolute Gasteiger partial charge is 0.463 e. The van der Waals surface area contributed by atoms with Crippen molar-refractivity contribution in [2.45, 2.75) is 65.2 Å². The van der Waals surface area contributed by atoms with Crippen LogP contribution in [0.1, 0.15) is 34.6 Å². The zero-order valence-electron chi connectivity index (χ0n) is 19.0. The molecule has 0 spiro atoms. The molecule has 1 saturated heterocycles. The van der Waals surface area contributed by atoms with Gasteiger partial charge in [-0.2, -0.15) is 0 Å². The molecule has 0 aromatic heterocycles. The third-order valence-electron chi connectivity index (χ3n) is 5.32. The minimum atomic E-state index is -1.22. The molecule has 1 aromatic carbocycles. The molecular weight excluding hydrogens is 436 g/mol. The predicted molar refractivity (Wildman–Crippen MR) is 113 cm³/mol. The number of amides is 2. The number of rotatable bonds is 4. The number of hydrogen-bond donors (Lipinski definition) is 0. The number of carbonyl (C=O) groups excluding carboxylic acids is 5. The lowest BCUT2D eigenvalue weighted by Gasteiger charge is -2.54. The van der Waals surface area contributed by atoms with Crippen molar-refractivity contribution in [1.29, 1.82) is 0 Å². The van der Waals surface area contributed by atoms with Gasteiger partial charge in [0.15, 0.2) is 18.4 Å². The van der Waals surface area contributed by atoms with Crippen LogP contribution in [0.5, 0.6) is 0 Å². The summed E-state index contributed by atoms with van der Waals surface area (Å²) < 4.78 is 22.2. The van der Waals surface area contributed by atoms with Crippen LogP contribution in [-0.2, 0) is 42.9 Å². The minimum absolute atomic E-state index is 0.332. The van der Waals surface area contributed by atoms with Gasteiger partial charge in [-0.05, 0) is 12.1 Å². The molecular formula is C22H26N2O9. The molecule has 1 aromatic rings. The number of ether oxygens (including phenoxy) is 4. The molecule has 0 unspecified atom stereocenters. The quantitative estimate of drug-likeness (QED) is 0.474. The Morgan fingerprint density at radius 1 is 0.788 bits per heavy atom. The second kappa shape index (κ2) is 9.57. The predicted octanol–water partition coefficient (Wildman–Crippen LogP) is 0.926. The van der Waals surface area contributed by atoms with E-state index in [0.29, 0.717) is 11.4 Å². The number of fused-ring (bicyclic) bond motifs is 2. The van der Waals surface area contributed by atoms with E-state index >= 15 is 0 Å². The molecule has 3 rings (SSSR count). The summed E-state index contributed by atoms with van der Waals surface area (Å²) >= 11 is 0. The Balaban J connectivity index is 2.20. The summed E-state index contributed by atoms with van der Waals surface area (Å²) in [5.41, 5.74) is 0.822. The molecule has 1 fully saturated rings. The maximum atomic E-state index is 12.8. The second-order valence-electron chi connectivity index (χ2n) is 7.77. The number of anilines is 2. The molecule has 0 bridgehead atoms. The van der Waals surface area contributed by atoms with Gasteiger partial charge < -0.3 is 18.9 Å². The highest BCUT2D eigenvalue weighted by Crippen LogP contribution is 2.44. The topological polar surface area (TPSA) is 129 Å². The molecule has 2 heterocycles. The lowest BCUT2D eigenvalue weighted by Crippen LogP contribution is -2.73. The highest BCUT2D eigenvalue weighted by molar-refractivity contribution is 6.04. The SMILES string of the molecule is CC(=O)OC[C@H]1O[C@@H]2[C@H]([C@@H](OC(C)=O)[C@H]1OC(C)=O)N(C(C)=O)c1ccccc1N2C(C)=O. The van der Waals surface area contributed by atoms with Crippen molar-refractivity contribution < 1.29 is 42.9 Å². The van der Waals surface area contributed by atoms with E-state index in [2.05, 4.69) is 0 Å². The molecule has 2 aliphatic rings. The number of para-hydroxylation sites is 2. The van der Waals surface area contributed by atoms with Gasteiger partial charge in [-0.1, -0.05) is 12.1 Å². The molecule has 11 nitrogen and oxygen atoms in total. The van der Waals surface area contributed by atoms with Crippen LogP contribution in [-0.4, -0.2) is 66.9 Å². The number of hydrogen-bond acceptors (Lipinski definition) is 9. The summed E-state index contributed by atoms with van der Waals surface area (Å²) in [6.07, 6.45) is -4.62. The fraction of sp³-hybridized carbons (Fsp3) is 0.500. The Labute approximate surface area is 190 Å². The van der Waals surface area contributed by atoms with Gasteiger partial charge in [-0.15, -0.1) is 0 Å². The third kappa shape index (κ3) is 4.82. The first kappa shape index (κ1) is 24.2. The zero-order valence-corrected chi connectivity index (χ0v) is 19.0. The van der Waals surface area contributed by atoms with Gasteiger partial charge in [0.2, 0.25) is 11.8 Å². The van der Waals surface area contributed by atoms with E-state index in [4.69, 9.17) is 18.9 Å². The van der Waals surface area contributed by atoms with Gasteiger partial charge in [0, 0.05) is 34.6 Å². The Morgan fingerprint density at radius 2 is 1.30 bits per heavy atom. The lowest BCUT2D eigenvalue weighted by molar-refractivity contribution is -0.221. The molecule has 2 amide bonds. The van der Waals surface area contributed by atoms with Crippen LogP contribution in [0.15, 0.2) is 24.3 Å². The maximum absolute atomic E-state index is 12.8. The second-order valence-corrected chi connectivity index (χ2v) is 7.77. The normalized spacial score (nSPS) is 25.9. The summed E-state index contributed by atoms with van der Waals surface area (Å²) in [7, 11) is 0. The molecule has 0 radical (unpaired) electrons. The Kier molecular flexibility index (Phi) is 7.01. The maximum Gasteiger partial charge on any atom is 0.303 e. The molecule has 178 valence electrons. The van der Waals surface area contributed by atoms with Gasteiger partial charge in [0.25, 0.3) is 0 Å². The molecule has 0 N–H and O–H groups in total. The van der Waals surface area contributed by atoms with Crippen LogP contribution >= 0.6 is 0 Å². The standard InChI is InChI=1S/C22H26N2O9/c1-11(25)23-16-8-6-7-9-17(16)24(12(2)26)22-19(23)21(32-15(5)29)20(31-14(4)28)18(33-22)10-30-13(3)27/h6-9,18-22H,10H2,1-5H3/t18-,19+,20+,21-,22-/m1/s1. The molecule has 11 heteroatoms. The van der Waals surface area contributed by atoms with E-state index in [1.807, 2.05) is 0 Å². The van der Waals surface area contributed by atoms with Gasteiger partial charge in [-0.3, -0.25) is 33.8 Å². The third-order valence-corrected chi connectivity index (χ3v) is 5.32. The minimum Gasteiger partial charge on any atom is -0.463 e. The molecule has 33 heavy (non-hydrogen) atoms. The van der Waals surface area contributed by atoms with Gasteiger partial charge in [0.1, 0.15) is 18.8 Å². The fourth-order valence-electron chi connectivity index (χ4n) is 4.29. The van der Waals surface area contributed by atoms with E-state index in [0.717, 1.165) is 0 Å². The number of nitrogens with zero attached hydrogens (tertiary/aromatic N) is 2. The molecule has 5 atom stereocenters. The van der Waals surface area contributed by atoms with Crippen LogP contribution in [0.25, 0.3) is 0 Å². The smallest absolute Gasteiger partial charge is 0.303 e. The zero-order chi connectivity index (χ0) is 24.4. The van der Waals surface area contributed by atoms with E-state index in [1.165, 1.54) is 44.4 Å². The van der Waals surface area contributed by atoms with E-state index in [-0.39, 0.29) is 12.5 Å². The van der Waals surface area contributed by atoms with Crippen LogP contribution in [0.4, 0.5) is 11.4 Å². The average molecular weight is 462 g/mol. The van der Waals surface area contributed by atoms with Crippen LogP contribution in [0, 0.1) is 0 Å². The Hall–Kier alpha value is -3.47. The fourth-order valence-corrected chi connectivity index (χ4v) is 4.29. The first-order valence-electron chi connectivity index (χ1n) is 10.3. The van der Waals surface area contributed by atoms with Crippen molar-refractivity contribution in [3.63, 3.8) is 0 Å². The first-order chi connectivity index (χ1) is 15.5. The Morgan fingerprint density at radius 3 is 1.79 bits per heavy atom. The van der Waals surface area contributed by atoms with Crippen molar-refractivity contribution >= 4 is 41.1 Å². The van der Waals surface area contributed by atoms with E-state index < -0.39 is 54.4 Å². The van der Waals surface area contributed by atoms with Crippen LogP contribution < -0.4 is 9.80 Å². The number of benzene rings is 1. The van der Waals surface area contributed by atoms with Crippen LogP contribution in [0.2, 0.25) is 0 Å². The molecule has 0 saturated carbocycles. The van der Waals surface area contributed by atoms with Crippen molar-refractivity contribution in [1.82, 2.24) is 0 Å². The van der Waals surface area contributed by atoms with Gasteiger partial charge in [0.05, 0.1) is 11.4 Å². The van der Waals surface area contributed by atoms with Gasteiger partial charge >= 0.3 is 17.9 Å². The molecule has 2 aliphatic heterocycles. The van der Waals surface area contributed by atoms with Crippen molar-refractivity contribution in [3.05, 3.63) is 24.3 Å². The van der Waals surface area contributed by atoms with Crippen LogP contribution in [0.3, 0.4) is 0 Å². The van der Waals surface area contributed by atoms with E-state index in [9.17, 15) is 24.0 Å². The summed E-state index contributed by atoms with van der Waals surface area (Å²) in [6.45, 7) is 5.87. The van der Waals surface area contributed by atoms with Gasteiger partial charge in [-0.25, -0.2) is 0 Å². The average Bonchev–Trinajstić information content (AvgIpc) is 2.71. The summed E-state index contributed by atoms with van der Waals surface area (Å²) in [5.74, 6) is -2.78. The molecule has 0 aliphatic carbocycles. The summed E-state index contributed by atoms with van der Waals surface area (Å²) in [6, 6.07) is 5.68. The van der Waals surface area contributed by atoms with Crippen molar-refractivity contribution in [2.24, 2.45) is 0 Å². The highest BCUT2D eigenvalue weighted by atomic mass is 16.6. The number of carbonyl (C=O) groups is 5. The first-order valence-corrected chi connectivity index (χ1v) is 10.3. The summed E-state index contributed by atoms with van der Waals surface area (Å²) in [4.78, 5) is 63.6. The number of esters is 3. The monoisotopic (exact) mass is 462 g/mol.